The van der Waals surface area contributed by atoms with Crippen LogP contribution in [0.25, 0.3) is 0 Å². The average Bonchev–Trinajstić information content (AvgIpc) is 3.72. The number of nitrogens with zero attached hydrogens (tertiary/aromatic N) is 7. The number of rotatable bonds is 21. The van der Waals surface area contributed by atoms with E-state index in [0.717, 1.165) is 69.3 Å². The summed E-state index contributed by atoms with van der Waals surface area (Å²) in [6.07, 6.45) is 10.1. The second-order valence-electron chi connectivity index (χ2n) is 18.4. The number of amides is 4. The molecule has 0 aromatic carbocycles. The van der Waals surface area contributed by atoms with Crippen LogP contribution in [0.15, 0.2) is 4.42 Å². The van der Waals surface area contributed by atoms with Gasteiger partial charge < -0.3 is 28.6 Å². The summed E-state index contributed by atoms with van der Waals surface area (Å²) in [5.74, 6) is 0.510. The zero-order valence-electron chi connectivity index (χ0n) is 37.5. The second-order valence-corrected chi connectivity index (χ2v) is 19.5. The molecule has 4 amide bonds. The maximum atomic E-state index is 13.8. The number of hydrogen-bond acceptors (Lipinski definition) is 13. The lowest BCUT2D eigenvalue weighted by atomic mass is 9.82. The van der Waals surface area contributed by atoms with Crippen LogP contribution in [0.3, 0.4) is 0 Å². The summed E-state index contributed by atoms with van der Waals surface area (Å²) < 4.78 is 56.2. The number of aromatic nitrogens is 2. The predicted molar refractivity (Wildman–Crippen MR) is 221 cm³/mol. The van der Waals surface area contributed by atoms with Gasteiger partial charge in [-0.15, -0.1) is 14.5 Å². The summed E-state index contributed by atoms with van der Waals surface area (Å²) in [6, 6.07) is -1.90. The lowest BCUT2D eigenvalue weighted by Crippen LogP contribution is -2.51. The van der Waals surface area contributed by atoms with Gasteiger partial charge >= 0.3 is 28.6 Å². The van der Waals surface area contributed by atoms with Crippen LogP contribution in [-0.2, 0) is 34.9 Å². The van der Waals surface area contributed by atoms with Crippen LogP contribution in [0.4, 0.5) is 14.4 Å². The standard InChI is InChI=1S/C41H73N7O10S/c1-11-15-24-41(23-14-4,25-16-12-2)47(26-17-13-3)57-59(52,53)58-48-32-18-19-33(46(30-32)36(48)49)35-43-42-34(54-35)22-29-45(38(51)56-40(8,9)10)31-20-27-44(28-21-31)37(50)55-39(5,6)7/h31-33H,11-30H2,1-10H3/t32-,33-/m0/s1. The number of hydrogen-bond donors (Lipinski definition) is 0. The fourth-order valence-corrected chi connectivity index (χ4v) is 9.10. The highest BCUT2D eigenvalue weighted by atomic mass is 32.3. The third-order valence-corrected chi connectivity index (χ3v) is 11.9. The summed E-state index contributed by atoms with van der Waals surface area (Å²) in [5.41, 5.74) is -1.79. The van der Waals surface area contributed by atoms with E-state index in [1.165, 1.54) is 4.90 Å². The molecule has 0 unspecified atom stereocenters. The van der Waals surface area contributed by atoms with Crippen molar-refractivity contribution < 1.29 is 45.3 Å². The molecule has 2 atom stereocenters. The molecule has 0 spiro atoms. The van der Waals surface area contributed by atoms with Crippen LogP contribution < -0.4 is 0 Å². The first-order valence-corrected chi connectivity index (χ1v) is 23.4. The van der Waals surface area contributed by atoms with E-state index in [0.29, 0.717) is 45.3 Å². The van der Waals surface area contributed by atoms with Crippen LogP contribution in [0, 0.1) is 0 Å². The Morgan fingerprint density at radius 3 is 2.02 bits per heavy atom. The zero-order chi connectivity index (χ0) is 43.6. The first kappa shape index (κ1) is 48.4. The third-order valence-electron chi connectivity index (χ3n) is 11.1. The monoisotopic (exact) mass is 856 g/mol. The highest BCUT2D eigenvalue weighted by Gasteiger charge is 2.50. The van der Waals surface area contributed by atoms with E-state index in [-0.39, 0.29) is 43.4 Å². The highest BCUT2D eigenvalue weighted by molar-refractivity contribution is 7.81. The summed E-state index contributed by atoms with van der Waals surface area (Å²) in [7, 11) is -4.67. The largest absolute Gasteiger partial charge is 0.444 e. The molecule has 4 rings (SSSR count). The molecule has 17 nitrogen and oxygen atoms in total. The summed E-state index contributed by atoms with van der Waals surface area (Å²) >= 11 is 0. The SMILES string of the molecule is CCCCN(OS(=O)(=O)ON1C(=O)N2C[C@@H]1CC[C@H]2c1nnc(CCN(C(=O)OC(C)(C)C)C2CCN(C(=O)OC(C)(C)C)CC2)o1)C(CCC)(CCCC)CCCC. The first-order chi connectivity index (χ1) is 27.7. The van der Waals surface area contributed by atoms with Crippen LogP contribution in [0.5, 0.6) is 0 Å². The van der Waals surface area contributed by atoms with Gasteiger partial charge in [0, 0.05) is 50.7 Å². The van der Waals surface area contributed by atoms with Gasteiger partial charge in [0.05, 0.1) is 6.04 Å². The molecule has 4 heterocycles. The third kappa shape index (κ3) is 13.6. The highest BCUT2D eigenvalue weighted by Crippen LogP contribution is 2.40. The minimum Gasteiger partial charge on any atom is -0.444 e. The van der Waals surface area contributed by atoms with E-state index >= 15 is 0 Å². The molecule has 59 heavy (non-hydrogen) atoms. The van der Waals surface area contributed by atoms with Gasteiger partial charge in [0.2, 0.25) is 11.8 Å². The van der Waals surface area contributed by atoms with E-state index in [4.69, 9.17) is 22.5 Å². The van der Waals surface area contributed by atoms with Crippen molar-refractivity contribution in [2.75, 3.05) is 32.7 Å². The van der Waals surface area contributed by atoms with Crippen molar-refractivity contribution in [3.05, 3.63) is 11.8 Å². The van der Waals surface area contributed by atoms with Crippen molar-refractivity contribution in [1.29, 1.82) is 0 Å². The average molecular weight is 856 g/mol. The van der Waals surface area contributed by atoms with E-state index in [1.54, 1.807) is 14.9 Å². The Kier molecular flexibility index (Phi) is 17.3. The van der Waals surface area contributed by atoms with Crippen molar-refractivity contribution in [3.63, 3.8) is 0 Å². The van der Waals surface area contributed by atoms with Gasteiger partial charge in [-0.05, 0) is 92.9 Å². The van der Waals surface area contributed by atoms with Crippen molar-refractivity contribution >= 4 is 28.6 Å². The van der Waals surface area contributed by atoms with Gasteiger partial charge in [-0.1, -0.05) is 66.2 Å². The van der Waals surface area contributed by atoms with Crippen LogP contribution in [-0.4, -0.2) is 123 Å². The maximum Gasteiger partial charge on any atom is 0.437 e. The van der Waals surface area contributed by atoms with E-state index in [1.807, 2.05) is 41.5 Å². The number of piperidine rings is 2. The Balaban J connectivity index is 1.43. The fourth-order valence-electron chi connectivity index (χ4n) is 8.24. The minimum atomic E-state index is -4.67. The molecule has 0 saturated carbocycles. The molecule has 0 N–H and O–H groups in total. The Hall–Kier alpha value is -3.22. The van der Waals surface area contributed by atoms with Crippen molar-refractivity contribution in [2.45, 2.75) is 200 Å². The van der Waals surface area contributed by atoms with Crippen molar-refractivity contribution in [2.24, 2.45) is 0 Å². The maximum absolute atomic E-state index is 13.8. The lowest BCUT2D eigenvalue weighted by molar-refractivity contribution is -0.172. The topological polar surface area (TPSA) is 177 Å². The smallest absolute Gasteiger partial charge is 0.437 e. The number of urea groups is 1. The van der Waals surface area contributed by atoms with Crippen molar-refractivity contribution in [3.8, 4) is 0 Å². The molecular weight excluding hydrogens is 783 g/mol. The molecule has 0 radical (unpaired) electrons. The molecular formula is C41H73N7O10S. The Labute approximate surface area is 353 Å². The number of unbranched alkanes of at least 4 members (excludes halogenated alkanes) is 3. The lowest BCUT2D eigenvalue weighted by Gasteiger charge is -2.43. The van der Waals surface area contributed by atoms with Gasteiger partial charge in [0.1, 0.15) is 17.2 Å². The molecule has 1 aromatic rings. The molecule has 0 aliphatic carbocycles. The van der Waals surface area contributed by atoms with Gasteiger partial charge in [0.15, 0.2) is 0 Å². The Bertz CT molecular complexity index is 1610. The second kappa shape index (κ2) is 21.0. The van der Waals surface area contributed by atoms with Crippen molar-refractivity contribution in [1.82, 2.24) is 35.0 Å². The normalized spacial score (nSPS) is 19.5. The van der Waals surface area contributed by atoms with Gasteiger partial charge in [-0.25, -0.2) is 14.4 Å². The first-order valence-electron chi connectivity index (χ1n) is 22.1. The molecule has 3 aliphatic rings. The van der Waals surface area contributed by atoms with Crippen LogP contribution in [0.1, 0.15) is 177 Å². The number of fused-ring (bicyclic) bond motifs is 2. The molecule has 1 aromatic heterocycles. The fraction of sp³-hybridized carbons (Fsp3) is 0.878. The van der Waals surface area contributed by atoms with E-state index in [2.05, 4.69) is 37.9 Å². The number of ether oxygens (including phenoxy) is 2. The molecule has 2 bridgehead atoms. The van der Waals surface area contributed by atoms with E-state index in [9.17, 15) is 22.8 Å². The van der Waals surface area contributed by atoms with Gasteiger partial charge in [0.25, 0.3) is 0 Å². The molecule has 3 aliphatic heterocycles. The van der Waals surface area contributed by atoms with Crippen LogP contribution >= 0.6 is 0 Å². The number of carbonyl (C=O) groups is 3. The van der Waals surface area contributed by atoms with E-state index < -0.39 is 51.3 Å². The number of hydroxylamine groups is 4. The van der Waals surface area contributed by atoms with Crippen LogP contribution in [0.2, 0.25) is 0 Å². The predicted octanol–water partition coefficient (Wildman–Crippen LogP) is 8.32. The zero-order valence-corrected chi connectivity index (χ0v) is 38.3. The van der Waals surface area contributed by atoms with Gasteiger partial charge in [-0.3, -0.25) is 0 Å². The number of carbonyl (C=O) groups excluding carboxylic acids is 3. The summed E-state index contributed by atoms with van der Waals surface area (Å²) in [4.78, 5) is 44.8. The summed E-state index contributed by atoms with van der Waals surface area (Å²) in [5, 5.41) is 11.1. The molecule has 3 saturated heterocycles. The quantitative estimate of drug-likeness (QED) is 0.108. The molecule has 18 heteroatoms. The molecule has 338 valence electrons. The van der Waals surface area contributed by atoms with Gasteiger partial charge in [-0.2, -0.15) is 22.8 Å². The summed E-state index contributed by atoms with van der Waals surface area (Å²) in [6.45, 7) is 21.1. The number of likely N-dealkylation sites (tertiary alicyclic amines) is 1. The molecule has 3 fully saturated rings. The Morgan fingerprint density at radius 2 is 1.44 bits per heavy atom. The minimum absolute atomic E-state index is 0.191. The Morgan fingerprint density at radius 1 is 0.814 bits per heavy atom.